The van der Waals surface area contributed by atoms with Crippen molar-refractivity contribution in [1.82, 2.24) is 31.9 Å². The highest BCUT2D eigenvalue weighted by Crippen LogP contribution is 2.10. The minimum absolute atomic E-state index is 0.0132. The largest absolute Gasteiger partial charge is 0.481 e. The number of nitrogens with zero attached hydrogens (tertiary/aromatic N) is 1. The number of aliphatic imine (C=N–C) groups is 1. The molecule has 23 heteroatoms. The third kappa shape index (κ3) is 19.6. The first-order valence-corrected chi connectivity index (χ1v) is 16.5. The van der Waals surface area contributed by atoms with Gasteiger partial charge in [0.25, 0.3) is 0 Å². The van der Waals surface area contributed by atoms with Crippen molar-refractivity contribution < 1.29 is 63.6 Å². The molecule has 0 saturated heterocycles. The van der Waals surface area contributed by atoms with Gasteiger partial charge in [0.1, 0.15) is 30.2 Å². The fraction of sp³-hybridized carbons (Fsp3) is 0.667. The number of nitrogens with one attached hydrogen (secondary N) is 6. The van der Waals surface area contributed by atoms with Crippen molar-refractivity contribution in [3.05, 3.63) is 0 Å². The van der Waals surface area contributed by atoms with Crippen LogP contribution in [0.2, 0.25) is 0 Å². The summed E-state index contributed by atoms with van der Waals surface area (Å²) in [7, 11) is 0. The highest BCUT2D eigenvalue weighted by molar-refractivity contribution is 5.97. The van der Waals surface area contributed by atoms with Crippen molar-refractivity contribution in [2.24, 2.45) is 34.0 Å². The van der Waals surface area contributed by atoms with Crippen LogP contribution >= 0.6 is 0 Å². The first kappa shape index (κ1) is 47.4. The maximum atomic E-state index is 13.4. The van der Waals surface area contributed by atoms with Gasteiger partial charge in [0.05, 0.1) is 32.0 Å². The molecule has 0 aromatic heterocycles. The molecule has 0 spiro atoms. The van der Waals surface area contributed by atoms with E-state index in [9.17, 15) is 58.5 Å². The van der Waals surface area contributed by atoms with Gasteiger partial charge in [-0.25, -0.2) is 4.79 Å². The third-order valence-electron chi connectivity index (χ3n) is 7.15. The average Bonchev–Trinajstić information content (AvgIpc) is 3.04. The average molecular weight is 761 g/mol. The summed E-state index contributed by atoms with van der Waals surface area (Å²) in [5.74, 6) is -11.3. The van der Waals surface area contributed by atoms with E-state index in [4.69, 9.17) is 22.3 Å². The van der Waals surface area contributed by atoms with Gasteiger partial charge < -0.3 is 69.5 Å². The molecule has 6 amide bonds. The van der Waals surface area contributed by atoms with Crippen LogP contribution in [-0.2, 0) is 43.2 Å². The van der Waals surface area contributed by atoms with E-state index in [1.807, 2.05) is 5.32 Å². The Balaban J connectivity index is 5.73. The number of carboxylic acids is 3. The monoisotopic (exact) mass is 760 g/mol. The molecule has 0 heterocycles. The standard InChI is InChI=1S/C30H52N10O13/c1-13(2)8-17(27(50)40-23(14(3)4)28(51)37-16(29(52)53)6-5-7-34-30(32)33)38-26(49)18(10-22(45)46)36-20(42)11-35-25(48)19(12-41)39-24(47)15(31)9-21(43)44/h13-19,23,41H,5-12,31H2,1-4H3,(H,35,48)(H,36,42)(H,37,51)(H,38,49)(H,39,47)(H,40,50)(H,43,44)(H,45,46)(H,52,53)(H4,32,33,34)/t15-,16-,17-,18-,19-,23-/m0/s1. The second-order valence-corrected chi connectivity index (χ2v) is 12.7. The number of carboxylic acid groups (broad SMARTS) is 3. The summed E-state index contributed by atoms with van der Waals surface area (Å²) in [5, 5.41) is 50.7. The quantitative estimate of drug-likeness (QED) is 0.0235. The highest BCUT2D eigenvalue weighted by atomic mass is 16.4. The Hall–Kier alpha value is -5.58. The lowest BCUT2D eigenvalue weighted by Gasteiger charge is -2.28. The number of carbonyl (C=O) groups excluding carboxylic acids is 6. The van der Waals surface area contributed by atoms with E-state index in [0.29, 0.717) is 0 Å². The number of nitrogens with two attached hydrogens (primary N) is 3. The maximum Gasteiger partial charge on any atom is 0.326 e. The summed E-state index contributed by atoms with van der Waals surface area (Å²) in [6.45, 7) is 4.84. The van der Waals surface area contributed by atoms with E-state index in [0.717, 1.165) is 0 Å². The number of aliphatic carboxylic acids is 3. The summed E-state index contributed by atoms with van der Waals surface area (Å²) in [6.07, 6.45) is -1.57. The van der Waals surface area contributed by atoms with Gasteiger partial charge in [-0.05, 0) is 31.1 Å². The molecule has 0 rings (SSSR count). The van der Waals surface area contributed by atoms with Crippen LogP contribution in [0.3, 0.4) is 0 Å². The van der Waals surface area contributed by atoms with Crippen molar-refractivity contribution >= 4 is 59.3 Å². The molecule has 300 valence electrons. The summed E-state index contributed by atoms with van der Waals surface area (Å²) >= 11 is 0. The second-order valence-electron chi connectivity index (χ2n) is 12.7. The molecule has 0 aromatic carbocycles. The lowest BCUT2D eigenvalue weighted by atomic mass is 9.99. The molecule has 53 heavy (non-hydrogen) atoms. The van der Waals surface area contributed by atoms with Gasteiger partial charge >= 0.3 is 17.9 Å². The number of hydrogen-bond donors (Lipinski definition) is 13. The number of hydrogen-bond acceptors (Lipinski definition) is 12. The first-order valence-electron chi connectivity index (χ1n) is 16.5. The number of guanidine groups is 1. The Labute approximate surface area is 304 Å². The molecule has 0 bridgehead atoms. The van der Waals surface area contributed by atoms with Gasteiger partial charge in [-0.1, -0.05) is 27.7 Å². The predicted octanol–water partition coefficient (Wildman–Crippen LogP) is -5.36. The van der Waals surface area contributed by atoms with Crippen molar-refractivity contribution in [3.63, 3.8) is 0 Å². The minimum atomic E-state index is -1.78. The fourth-order valence-electron chi connectivity index (χ4n) is 4.46. The zero-order valence-corrected chi connectivity index (χ0v) is 29.9. The van der Waals surface area contributed by atoms with Crippen molar-refractivity contribution in [2.75, 3.05) is 19.7 Å². The van der Waals surface area contributed by atoms with Crippen LogP contribution < -0.4 is 49.1 Å². The fourth-order valence-corrected chi connectivity index (χ4v) is 4.46. The molecule has 0 radical (unpaired) electrons. The topological polar surface area (TPSA) is 397 Å². The van der Waals surface area contributed by atoms with Crippen LogP contribution in [0.5, 0.6) is 0 Å². The van der Waals surface area contributed by atoms with E-state index < -0.39 is 122 Å². The maximum absolute atomic E-state index is 13.4. The van der Waals surface area contributed by atoms with E-state index in [1.54, 1.807) is 27.7 Å². The Morgan fingerprint density at radius 3 is 1.70 bits per heavy atom. The molecule has 0 aliphatic heterocycles. The number of amides is 6. The zero-order valence-electron chi connectivity index (χ0n) is 29.9. The molecule has 0 aliphatic rings. The van der Waals surface area contributed by atoms with Crippen molar-refractivity contribution in [1.29, 1.82) is 0 Å². The van der Waals surface area contributed by atoms with Crippen LogP contribution in [0.15, 0.2) is 4.99 Å². The van der Waals surface area contributed by atoms with Crippen molar-refractivity contribution in [3.8, 4) is 0 Å². The van der Waals surface area contributed by atoms with Crippen LogP contribution in [0, 0.1) is 11.8 Å². The van der Waals surface area contributed by atoms with Crippen LogP contribution in [0.25, 0.3) is 0 Å². The number of carbonyl (C=O) groups is 9. The zero-order chi connectivity index (χ0) is 41.0. The van der Waals surface area contributed by atoms with Crippen molar-refractivity contribution in [2.45, 2.75) is 96.1 Å². The molecule has 16 N–H and O–H groups in total. The number of aliphatic hydroxyl groups is 1. The van der Waals surface area contributed by atoms with E-state index in [2.05, 4.69) is 31.6 Å². The highest BCUT2D eigenvalue weighted by Gasteiger charge is 2.34. The predicted molar refractivity (Wildman–Crippen MR) is 184 cm³/mol. The van der Waals surface area contributed by atoms with Gasteiger partial charge in [-0.2, -0.15) is 0 Å². The minimum Gasteiger partial charge on any atom is -0.481 e. The SMILES string of the molecule is CC(C)C[C@H](NC(=O)[C@H](CC(=O)O)NC(=O)CNC(=O)[C@H](CO)NC(=O)[C@@H](N)CC(=O)O)C(=O)N[C@H](C(=O)N[C@@H](CCCN=C(N)N)C(=O)O)C(C)C. The van der Waals surface area contributed by atoms with Gasteiger partial charge in [-0.15, -0.1) is 0 Å². The summed E-state index contributed by atoms with van der Waals surface area (Å²) in [5.41, 5.74) is 15.9. The number of aliphatic hydroxyl groups excluding tert-OH is 1. The van der Waals surface area contributed by atoms with Gasteiger partial charge in [0.2, 0.25) is 35.4 Å². The molecule has 0 unspecified atom stereocenters. The normalized spacial score (nSPS) is 14.3. The molecular weight excluding hydrogens is 708 g/mol. The Morgan fingerprint density at radius 1 is 0.660 bits per heavy atom. The van der Waals surface area contributed by atoms with Crippen LogP contribution in [0.1, 0.15) is 59.8 Å². The second kappa shape index (κ2) is 23.8. The molecule has 0 fully saturated rings. The summed E-state index contributed by atoms with van der Waals surface area (Å²) in [6, 6.07) is -8.95. The lowest BCUT2D eigenvalue weighted by Crippen LogP contribution is -2.59. The Kier molecular flexibility index (Phi) is 21.3. The molecule has 6 atom stereocenters. The van der Waals surface area contributed by atoms with Crippen LogP contribution in [0.4, 0.5) is 0 Å². The summed E-state index contributed by atoms with van der Waals surface area (Å²) in [4.78, 5) is 115. The van der Waals surface area contributed by atoms with E-state index in [1.165, 1.54) is 0 Å². The Morgan fingerprint density at radius 2 is 1.21 bits per heavy atom. The van der Waals surface area contributed by atoms with E-state index >= 15 is 0 Å². The van der Waals surface area contributed by atoms with Gasteiger partial charge in [-0.3, -0.25) is 43.3 Å². The third-order valence-corrected chi connectivity index (χ3v) is 7.15. The summed E-state index contributed by atoms with van der Waals surface area (Å²) < 4.78 is 0. The molecule has 0 saturated carbocycles. The lowest BCUT2D eigenvalue weighted by molar-refractivity contribution is -0.143. The first-order chi connectivity index (χ1) is 24.6. The van der Waals surface area contributed by atoms with E-state index in [-0.39, 0.29) is 37.7 Å². The van der Waals surface area contributed by atoms with Crippen LogP contribution in [-0.4, -0.2) is 136 Å². The van der Waals surface area contributed by atoms with Gasteiger partial charge in [0.15, 0.2) is 5.96 Å². The molecular formula is C30H52N10O13. The van der Waals surface area contributed by atoms with Gasteiger partial charge in [0, 0.05) is 6.54 Å². The molecule has 23 nitrogen and oxygen atoms in total. The number of rotatable bonds is 25. The Bertz CT molecular complexity index is 1350. The molecule has 0 aliphatic carbocycles. The smallest absolute Gasteiger partial charge is 0.326 e. The molecule has 0 aromatic rings.